The lowest BCUT2D eigenvalue weighted by atomic mass is 10.1. The van der Waals surface area contributed by atoms with Gasteiger partial charge >= 0.3 is 0 Å². The van der Waals surface area contributed by atoms with Crippen LogP contribution in [0.4, 0.5) is 0 Å². The van der Waals surface area contributed by atoms with Crippen LogP contribution in [0.2, 0.25) is 0 Å². The molecule has 1 unspecified atom stereocenters. The highest BCUT2D eigenvalue weighted by Crippen LogP contribution is 2.28. The van der Waals surface area contributed by atoms with Crippen molar-refractivity contribution < 1.29 is 4.79 Å². The second kappa shape index (κ2) is 10.9. The van der Waals surface area contributed by atoms with Crippen molar-refractivity contribution in [2.75, 3.05) is 26.2 Å². The van der Waals surface area contributed by atoms with Gasteiger partial charge in [-0.25, -0.2) is 0 Å². The minimum Gasteiger partial charge on any atom is -0.357 e. The van der Waals surface area contributed by atoms with Gasteiger partial charge in [0.15, 0.2) is 5.96 Å². The van der Waals surface area contributed by atoms with Gasteiger partial charge in [0.25, 0.3) is 0 Å². The molecular weight excluding hydrogens is 423 g/mol. The number of rotatable bonds is 8. The third kappa shape index (κ3) is 7.52. The second-order valence-corrected chi connectivity index (χ2v) is 6.45. The van der Waals surface area contributed by atoms with Crippen LogP contribution in [0.25, 0.3) is 0 Å². The zero-order chi connectivity index (χ0) is 15.8. The molecule has 1 fully saturated rings. The topological polar surface area (TPSA) is 65.5 Å². The molecule has 23 heavy (non-hydrogen) atoms. The van der Waals surface area contributed by atoms with E-state index >= 15 is 0 Å². The van der Waals surface area contributed by atoms with Gasteiger partial charge in [0, 0.05) is 38.0 Å². The molecule has 1 aromatic rings. The molecule has 5 nitrogen and oxygen atoms in total. The van der Waals surface area contributed by atoms with Crippen LogP contribution in [0.5, 0.6) is 0 Å². The Morgan fingerprint density at radius 1 is 1.35 bits per heavy atom. The predicted octanol–water partition coefficient (Wildman–Crippen LogP) is 2.55. The van der Waals surface area contributed by atoms with Gasteiger partial charge in [-0.3, -0.25) is 9.79 Å². The Bertz CT molecular complexity index is 488. The van der Waals surface area contributed by atoms with Crippen molar-refractivity contribution in [3.05, 3.63) is 22.4 Å². The van der Waals surface area contributed by atoms with E-state index in [1.54, 1.807) is 11.3 Å². The van der Waals surface area contributed by atoms with Crippen molar-refractivity contribution in [2.45, 2.75) is 32.6 Å². The highest BCUT2D eigenvalue weighted by Gasteiger charge is 2.28. The van der Waals surface area contributed by atoms with E-state index in [2.05, 4.69) is 44.7 Å². The first-order chi connectivity index (χ1) is 10.7. The summed E-state index contributed by atoms with van der Waals surface area (Å²) in [5.41, 5.74) is 1.33. The van der Waals surface area contributed by atoms with Gasteiger partial charge in [0.2, 0.25) is 5.91 Å². The summed E-state index contributed by atoms with van der Waals surface area (Å²) in [5, 5.41) is 13.7. The van der Waals surface area contributed by atoms with Crippen molar-refractivity contribution in [1.29, 1.82) is 0 Å². The maximum atomic E-state index is 11.5. The lowest BCUT2D eigenvalue weighted by molar-refractivity contribution is -0.122. The fourth-order valence-corrected chi connectivity index (χ4v) is 2.87. The average Bonchev–Trinajstić information content (AvgIpc) is 3.23. The number of hydrogen-bond donors (Lipinski definition) is 3. The summed E-state index contributed by atoms with van der Waals surface area (Å²) in [5.74, 6) is 1.68. The summed E-state index contributed by atoms with van der Waals surface area (Å²) in [6.45, 7) is 7.14. The summed E-state index contributed by atoms with van der Waals surface area (Å²) in [6, 6.07) is 2.15. The Balaban J connectivity index is 0.00000264. The molecule has 1 aliphatic rings. The molecule has 1 saturated carbocycles. The first kappa shape index (κ1) is 20.2. The highest BCUT2D eigenvalue weighted by atomic mass is 127. The van der Waals surface area contributed by atoms with Gasteiger partial charge in [-0.2, -0.15) is 11.3 Å². The smallest absolute Gasteiger partial charge is 0.223 e. The number of thiophene rings is 1. The molecule has 7 heteroatoms. The van der Waals surface area contributed by atoms with Crippen LogP contribution in [-0.4, -0.2) is 38.0 Å². The molecule has 3 N–H and O–H groups in total. The summed E-state index contributed by atoms with van der Waals surface area (Å²) < 4.78 is 0. The third-order valence-electron chi connectivity index (χ3n) is 3.64. The Kier molecular flexibility index (Phi) is 9.54. The van der Waals surface area contributed by atoms with Crippen LogP contribution in [0, 0.1) is 5.92 Å². The summed E-state index contributed by atoms with van der Waals surface area (Å²) in [4.78, 5) is 16.2. The number of carbonyl (C=O) groups excluding carboxylic acids is 1. The molecule has 0 saturated heterocycles. The minimum absolute atomic E-state index is 0. The maximum Gasteiger partial charge on any atom is 0.223 e. The van der Waals surface area contributed by atoms with E-state index in [1.165, 1.54) is 5.56 Å². The molecule has 0 aromatic carbocycles. The Hall–Kier alpha value is -0.830. The number of amides is 1. The SMILES string of the molecule is CCNC(=NCC(C)c1ccsc1)NCCNC(=O)C1CC1.I. The molecule has 0 aliphatic heterocycles. The lowest BCUT2D eigenvalue weighted by Crippen LogP contribution is -2.42. The van der Waals surface area contributed by atoms with Crippen molar-refractivity contribution in [3.63, 3.8) is 0 Å². The standard InChI is InChI=1S/C16H26N4OS.HI/c1-3-17-16(19-8-7-18-15(21)13-4-5-13)20-10-12(2)14-6-9-22-11-14;/h6,9,11-13H,3-5,7-8,10H2,1-2H3,(H,18,21)(H2,17,19,20);1H. The molecule has 1 heterocycles. The fourth-order valence-electron chi connectivity index (χ4n) is 2.09. The number of hydrogen-bond acceptors (Lipinski definition) is 3. The molecule has 0 radical (unpaired) electrons. The van der Waals surface area contributed by atoms with Crippen LogP contribution in [0.15, 0.2) is 21.8 Å². The van der Waals surface area contributed by atoms with Crippen LogP contribution < -0.4 is 16.0 Å². The minimum atomic E-state index is 0. The first-order valence-corrected chi connectivity index (χ1v) is 8.97. The zero-order valence-corrected chi connectivity index (χ0v) is 16.9. The number of aliphatic imine (C=N–C) groups is 1. The second-order valence-electron chi connectivity index (χ2n) is 5.67. The van der Waals surface area contributed by atoms with Gasteiger partial charge in [-0.05, 0) is 42.2 Å². The summed E-state index contributed by atoms with van der Waals surface area (Å²) >= 11 is 1.72. The van der Waals surface area contributed by atoms with Crippen molar-refractivity contribution in [1.82, 2.24) is 16.0 Å². The number of guanidine groups is 1. The van der Waals surface area contributed by atoms with E-state index in [-0.39, 0.29) is 35.8 Å². The van der Waals surface area contributed by atoms with Crippen LogP contribution >= 0.6 is 35.3 Å². The van der Waals surface area contributed by atoms with E-state index in [9.17, 15) is 4.79 Å². The molecule has 0 spiro atoms. The zero-order valence-electron chi connectivity index (χ0n) is 13.8. The van der Waals surface area contributed by atoms with E-state index in [1.807, 2.05) is 6.92 Å². The lowest BCUT2D eigenvalue weighted by Gasteiger charge is -2.13. The first-order valence-electron chi connectivity index (χ1n) is 8.02. The number of carbonyl (C=O) groups is 1. The van der Waals surface area contributed by atoms with E-state index in [4.69, 9.17) is 0 Å². The molecule has 1 aliphatic carbocycles. The largest absolute Gasteiger partial charge is 0.357 e. The van der Waals surface area contributed by atoms with Crippen LogP contribution in [0.1, 0.15) is 38.2 Å². The van der Waals surface area contributed by atoms with Gasteiger partial charge in [-0.1, -0.05) is 6.92 Å². The third-order valence-corrected chi connectivity index (χ3v) is 4.35. The van der Waals surface area contributed by atoms with E-state index in [0.29, 0.717) is 19.0 Å². The van der Waals surface area contributed by atoms with Crippen molar-refractivity contribution >= 4 is 47.2 Å². The van der Waals surface area contributed by atoms with Crippen LogP contribution in [-0.2, 0) is 4.79 Å². The fraction of sp³-hybridized carbons (Fsp3) is 0.625. The predicted molar refractivity (Wildman–Crippen MR) is 108 cm³/mol. The monoisotopic (exact) mass is 450 g/mol. The summed E-state index contributed by atoms with van der Waals surface area (Å²) in [7, 11) is 0. The van der Waals surface area contributed by atoms with Gasteiger partial charge in [-0.15, -0.1) is 24.0 Å². The van der Waals surface area contributed by atoms with Crippen LogP contribution in [0.3, 0.4) is 0 Å². The highest BCUT2D eigenvalue weighted by molar-refractivity contribution is 14.0. The van der Waals surface area contributed by atoms with Gasteiger partial charge in [0.1, 0.15) is 0 Å². The summed E-state index contributed by atoms with van der Waals surface area (Å²) in [6.07, 6.45) is 2.09. The van der Waals surface area contributed by atoms with Gasteiger partial charge in [0.05, 0.1) is 0 Å². The molecule has 1 atom stereocenters. The Labute approximate surface area is 159 Å². The molecule has 1 aromatic heterocycles. The quantitative estimate of drug-likeness (QED) is 0.247. The van der Waals surface area contributed by atoms with E-state index in [0.717, 1.165) is 31.9 Å². The number of halogens is 1. The van der Waals surface area contributed by atoms with Crippen molar-refractivity contribution in [3.8, 4) is 0 Å². The average molecular weight is 450 g/mol. The molecule has 130 valence electrons. The number of nitrogens with zero attached hydrogens (tertiary/aromatic N) is 1. The molecule has 0 bridgehead atoms. The van der Waals surface area contributed by atoms with Crippen molar-refractivity contribution in [2.24, 2.45) is 10.9 Å². The van der Waals surface area contributed by atoms with E-state index < -0.39 is 0 Å². The molecule has 2 rings (SSSR count). The Morgan fingerprint density at radius 2 is 2.09 bits per heavy atom. The Morgan fingerprint density at radius 3 is 2.70 bits per heavy atom. The molecule has 1 amide bonds. The molecular formula is C16H27IN4OS. The maximum absolute atomic E-state index is 11.5. The number of nitrogens with one attached hydrogen (secondary N) is 3. The normalized spacial score (nSPS) is 15.5. The van der Waals surface area contributed by atoms with Gasteiger partial charge < -0.3 is 16.0 Å².